The second-order valence-corrected chi connectivity index (χ2v) is 30.3. The molecule has 3 aliphatic carbocycles. The Morgan fingerprint density at radius 1 is 0.466 bits per heavy atom. The molecule has 3 saturated carbocycles. The van der Waals surface area contributed by atoms with Crippen molar-refractivity contribution in [3.63, 3.8) is 0 Å². The van der Waals surface area contributed by atoms with Gasteiger partial charge in [-0.15, -0.1) is 0 Å². The third-order valence-corrected chi connectivity index (χ3v) is 22.4. The van der Waals surface area contributed by atoms with E-state index in [2.05, 4.69) is 47.9 Å². The molecule has 6 aromatic heterocycles. The van der Waals surface area contributed by atoms with Crippen LogP contribution in [0.2, 0.25) is 5.15 Å². The third kappa shape index (κ3) is 19.0. The highest BCUT2D eigenvalue weighted by atomic mass is 35.5. The highest BCUT2D eigenvalue weighted by Crippen LogP contribution is 2.41. The van der Waals surface area contributed by atoms with Gasteiger partial charge in [-0.05, 0) is 133 Å². The summed E-state index contributed by atoms with van der Waals surface area (Å²) >= 11 is 24.9. The molecule has 16 rings (SSSR count). The van der Waals surface area contributed by atoms with Crippen LogP contribution in [0.1, 0.15) is 168 Å². The van der Waals surface area contributed by atoms with Crippen molar-refractivity contribution in [2.24, 2.45) is 17.4 Å². The number of hydrazine groups is 1. The number of hydrogen-bond donors (Lipinski definition) is 10. The van der Waals surface area contributed by atoms with Gasteiger partial charge in [0.05, 0.1) is 38.4 Å². The lowest BCUT2D eigenvalue weighted by atomic mass is 10.0. The maximum atomic E-state index is 15.2. The summed E-state index contributed by atoms with van der Waals surface area (Å²) in [5.41, 5.74) is 8.26. The number of nitrogens with two attached hydrogens (primary N) is 3. The standard InChI is InChI=1S/C29H27ClFN5O5.C21H25ClFN5O3.C17H20ClN3O2.C12H8ClFN2O3.H4N2/c30-22(14-32-9-12-35-27(38)18-3-1-2-4-19(18)28(35)39)16-7-10-34(11-8-16)26-23(31)13-20-24(37)21(29(40)41)15-36(17-5-6-17)25(20)33-26;22-16(10-25-6-5-24)12-3-7-27(8-4-12)20-17(23)9-14-18(29)15(21(30)31)11-28(13-1-2-13)19(14)26-20;18-15(12-5-7-19-8-6-12)11-20-9-10-21-16(22)13-3-1-2-4-14(13)17(21)23;13-10-8(14)3-6-9(17)7(12(18)19)4-16(5-1-2-5)11(6)15-10;1-2/h1-4,13,15,17,32H,5-12,14H2,(H,40,41);9,11,13,25H,1-8,10,24H2,(H,30,31);1-4,19-20H,5-11H2;3-5H,1-2H2,(H,18,19);1-2H2. The number of rotatable bonds is 22. The normalized spacial score (nSPS) is 16.4. The lowest BCUT2D eigenvalue weighted by Crippen LogP contribution is -2.37. The fourth-order valence-corrected chi connectivity index (χ4v) is 15.3. The van der Waals surface area contributed by atoms with Crippen molar-refractivity contribution in [2.45, 2.75) is 95.2 Å². The summed E-state index contributed by atoms with van der Waals surface area (Å²) in [5.74, 6) is 1.15. The highest BCUT2D eigenvalue weighted by Gasteiger charge is 2.38. The minimum Gasteiger partial charge on any atom is -0.477 e. The molecule has 5 aliphatic heterocycles. The number of anilines is 2. The number of amides is 4. The number of aromatic carboxylic acids is 3. The van der Waals surface area contributed by atoms with Gasteiger partial charge in [0.15, 0.2) is 34.2 Å². The zero-order valence-electron chi connectivity index (χ0n) is 62.7. The molecule has 30 nitrogen and oxygen atoms in total. The SMILES string of the molecule is NCCNCC(Cl)=C1CCN(c2nc3c(cc2F)c(=O)c(C(=O)O)cn3C2CC2)CC1.NN.O=C(O)c1cn(C2CC2)c2nc(Cl)c(F)cc2c1=O.O=C(O)c1cn(C2CC2)c2nc(N3CCC(=C(Cl)CNCCN4C(=O)c5ccccc5C4=O)CC3)c(F)cc2c1=O.O=C1c2ccccc2C(=O)N1CCNCC(Cl)=C1CCNCC1. The molecule has 0 radical (unpaired) electrons. The van der Waals surface area contributed by atoms with Gasteiger partial charge in [-0.1, -0.05) is 87.4 Å². The summed E-state index contributed by atoms with van der Waals surface area (Å²) in [4.78, 5) is 140. The van der Waals surface area contributed by atoms with Crippen molar-refractivity contribution in [3.8, 4) is 0 Å². The lowest BCUT2D eigenvalue weighted by Gasteiger charge is -2.30. The molecule has 0 spiro atoms. The lowest BCUT2D eigenvalue weighted by molar-refractivity contribution is 0.0640. The van der Waals surface area contributed by atoms with E-state index in [1.807, 2.05) is 9.80 Å². The van der Waals surface area contributed by atoms with Crippen LogP contribution < -0.4 is 64.8 Å². The number of aromatic nitrogens is 6. The highest BCUT2D eigenvalue weighted by molar-refractivity contribution is 6.31. The Kier molecular flexibility index (Phi) is 27.7. The molecular formula is C79H84Cl4F3N17O13. The number of carbonyl (C=O) groups is 7. The number of hydrogen-bond acceptors (Lipinski definition) is 22. The molecule has 2 aromatic carbocycles. The molecule has 0 atom stereocenters. The van der Waals surface area contributed by atoms with Crippen LogP contribution in [-0.2, 0) is 0 Å². The van der Waals surface area contributed by atoms with E-state index in [0.29, 0.717) is 143 Å². The van der Waals surface area contributed by atoms with Gasteiger partial charge in [-0.3, -0.25) is 55.0 Å². The minimum atomic E-state index is -1.35. The summed E-state index contributed by atoms with van der Waals surface area (Å²) in [6.07, 6.45) is 13.6. The van der Waals surface area contributed by atoms with Gasteiger partial charge in [0.1, 0.15) is 33.6 Å². The van der Waals surface area contributed by atoms with E-state index >= 15 is 4.39 Å². The third-order valence-electron chi connectivity index (χ3n) is 20.9. The summed E-state index contributed by atoms with van der Waals surface area (Å²) in [6, 6.07) is 17.1. The molecule has 8 aromatic rings. The monoisotopic (exact) mass is 1680 g/mol. The molecule has 13 N–H and O–H groups in total. The van der Waals surface area contributed by atoms with Crippen molar-refractivity contribution in [2.75, 3.05) is 108 Å². The smallest absolute Gasteiger partial charge is 0.341 e. The van der Waals surface area contributed by atoms with Gasteiger partial charge < -0.3 is 65.8 Å². The van der Waals surface area contributed by atoms with Crippen LogP contribution in [0.3, 0.4) is 0 Å². The van der Waals surface area contributed by atoms with Crippen LogP contribution in [0, 0.1) is 17.5 Å². The molecule has 3 saturated heterocycles. The Morgan fingerprint density at radius 2 is 0.767 bits per heavy atom. The first-order valence-electron chi connectivity index (χ1n) is 37.8. The number of carboxylic acids is 3. The van der Waals surface area contributed by atoms with Gasteiger partial charge in [0.25, 0.3) is 23.6 Å². The Labute approximate surface area is 680 Å². The first-order valence-corrected chi connectivity index (χ1v) is 39.3. The Morgan fingerprint density at radius 3 is 1.08 bits per heavy atom. The number of benzene rings is 2. The van der Waals surface area contributed by atoms with E-state index in [0.717, 1.165) is 104 Å². The maximum absolute atomic E-state index is 15.2. The molecule has 0 bridgehead atoms. The number of halogens is 7. The van der Waals surface area contributed by atoms with E-state index in [-0.39, 0.29) is 98.0 Å². The van der Waals surface area contributed by atoms with Gasteiger partial charge in [0, 0.05) is 137 Å². The van der Waals surface area contributed by atoms with Crippen LogP contribution in [0.15, 0.2) is 132 Å². The number of nitrogens with zero attached hydrogens (tertiary/aromatic N) is 10. The second-order valence-electron chi connectivity index (χ2n) is 28.6. The topological polar surface area (TPSA) is 424 Å². The summed E-state index contributed by atoms with van der Waals surface area (Å²) < 4.78 is 48.6. The molecule has 37 heteroatoms. The van der Waals surface area contributed by atoms with Crippen molar-refractivity contribution in [1.29, 1.82) is 0 Å². The van der Waals surface area contributed by atoms with Crippen LogP contribution in [0.4, 0.5) is 24.8 Å². The number of carboxylic acid groups (broad SMARTS) is 3. The zero-order chi connectivity index (χ0) is 82.9. The van der Waals surface area contributed by atoms with Crippen LogP contribution >= 0.6 is 46.4 Å². The van der Waals surface area contributed by atoms with Crippen molar-refractivity contribution >= 4 is 133 Å². The molecule has 4 amide bonds. The molecule has 116 heavy (non-hydrogen) atoms. The quantitative estimate of drug-likeness (QED) is 0.00998. The Bertz CT molecular complexity index is 5440. The van der Waals surface area contributed by atoms with Crippen LogP contribution in [0.5, 0.6) is 0 Å². The Balaban J connectivity index is 0.000000147. The number of piperidine rings is 3. The molecule has 0 unspecified atom stereocenters. The summed E-state index contributed by atoms with van der Waals surface area (Å²) in [7, 11) is 0. The van der Waals surface area contributed by atoms with Crippen molar-refractivity contribution < 1.29 is 62.1 Å². The predicted octanol–water partition coefficient (Wildman–Crippen LogP) is 8.55. The largest absolute Gasteiger partial charge is 0.477 e. The number of nitrogens with one attached hydrogen (secondary N) is 4. The molecule has 6 fully saturated rings. The van der Waals surface area contributed by atoms with Crippen molar-refractivity contribution in [3.05, 3.63) is 209 Å². The number of carbonyl (C=O) groups excluding carboxylic acids is 4. The summed E-state index contributed by atoms with van der Waals surface area (Å²) in [6.45, 7) is 8.26. The summed E-state index contributed by atoms with van der Waals surface area (Å²) in [5, 5.41) is 42.5. The van der Waals surface area contributed by atoms with Gasteiger partial charge in [0.2, 0.25) is 16.3 Å². The number of fused-ring (bicyclic) bond motifs is 5. The number of imide groups is 2. The molecule has 8 aliphatic rings. The molecule has 612 valence electrons. The van der Waals surface area contributed by atoms with E-state index in [1.165, 1.54) is 34.0 Å². The molecule has 11 heterocycles. The minimum absolute atomic E-state index is 0.000308. The van der Waals surface area contributed by atoms with E-state index < -0.39 is 57.2 Å². The fourth-order valence-electron chi connectivity index (χ4n) is 14.4. The van der Waals surface area contributed by atoms with E-state index in [4.69, 9.17) is 57.2 Å². The maximum Gasteiger partial charge on any atom is 0.341 e. The van der Waals surface area contributed by atoms with Gasteiger partial charge in [-0.25, -0.2) is 42.5 Å². The Hall–Kier alpha value is -10.3. The zero-order valence-corrected chi connectivity index (χ0v) is 65.7. The first kappa shape index (κ1) is 85.1. The first-order chi connectivity index (χ1) is 55.8. The van der Waals surface area contributed by atoms with Crippen LogP contribution in [-0.4, -0.2) is 193 Å². The van der Waals surface area contributed by atoms with Gasteiger partial charge in [-0.2, -0.15) is 0 Å². The van der Waals surface area contributed by atoms with E-state index in [9.17, 15) is 66.9 Å². The molecular weight excluding hydrogens is 1590 g/mol. The predicted molar refractivity (Wildman–Crippen MR) is 432 cm³/mol. The second kappa shape index (κ2) is 37.8. The van der Waals surface area contributed by atoms with Gasteiger partial charge >= 0.3 is 17.9 Å². The number of pyridine rings is 6. The van der Waals surface area contributed by atoms with E-state index in [1.54, 1.807) is 62.2 Å². The fraction of sp³-hybridized carbons (Fsp3) is 0.380. The van der Waals surface area contributed by atoms with Crippen LogP contribution in [0.25, 0.3) is 33.1 Å². The average molecular weight is 1680 g/mol. The van der Waals surface area contributed by atoms with Crippen molar-refractivity contribution in [1.82, 2.24) is 59.7 Å². The average Bonchev–Trinajstić information content (AvgIpc) is 1.44.